The first-order valence-corrected chi connectivity index (χ1v) is 7.53. The van der Waals surface area contributed by atoms with E-state index in [2.05, 4.69) is 5.32 Å². The van der Waals surface area contributed by atoms with Gasteiger partial charge >= 0.3 is 18.2 Å². The standard InChI is InChI=1S/C17H22F3NO4/c1-15(2,3)24-13(22)11-9-10(17(18,19)20)7-8-12(11)21-14(23)25-16(4,5)6/h7-9H,1-6H3,(H,21,23). The highest BCUT2D eigenvalue weighted by molar-refractivity contribution is 6.00. The molecule has 25 heavy (non-hydrogen) atoms. The molecule has 0 aromatic heterocycles. The molecule has 1 amide bonds. The zero-order valence-electron chi connectivity index (χ0n) is 15.0. The van der Waals surface area contributed by atoms with E-state index in [4.69, 9.17) is 9.47 Å². The number of ether oxygens (including phenoxy) is 2. The molecule has 0 aliphatic carbocycles. The number of carbonyl (C=O) groups is 2. The second kappa shape index (κ2) is 6.93. The quantitative estimate of drug-likeness (QED) is 0.752. The van der Waals surface area contributed by atoms with Crippen molar-refractivity contribution in [3.8, 4) is 0 Å². The molecule has 0 saturated carbocycles. The van der Waals surface area contributed by atoms with E-state index in [9.17, 15) is 22.8 Å². The summed E-state index contributed by atoms with van der Waals surface area (Å²) in [4.78, 5) is 24.1. The van der Waals surface area contributed by atoms with Gasteiger partial charge in [0.15, 0.2) is 0 Å². The van der Waals surface area contributed by atoms with Gasteiger partial charge in [-0.15, -0.1) is 0 Å². The van der Waals surface area contributed by atoms with Crippen LogP contribution in [0.25, 0.3) is 0 Å². The molecule has 1 aromatic rings. The topological polar surface area (TPSA) is 64.6 Å². The van der Waals surface area contributed by atoms with E-state index in [1.54, 1.807) is 41.5 Å². The molecule has 8 heteroatoms. The summed E-state index contributed by atoms with van der Waals surface area (Å²) in [5, 5.41) is 2.28. The molecule has 0 heterocycles. The predicted molar refractivity (Wildman–Crippen MR) is 86.5 cm³/mol. The van der Waals surface area contributed by atoms with Crippen LogP contribution in [0, 0.1) is 0 Å². The molecule has 0 unspecified atom stereocenters. The first-order valence-electron chi connectivity index (χ1n) is 7.53. The van der Waals surface area contributed by atoms with Crippen LogP contribution in [0.5, 0.6) is 0 Å². The molecule has 0 bridgehead atoms. The molecular weight excluding hydrogens is 339 g/mol. The van der Waals surface area contributed by atoms with Gasteiger partial charge in [0.1, 0.15) is 11.2 Å². The highest BCUT2D eigenvalue weighted by Gasteiger charge is 2.33. The fraction of sp³-hybridized carbons (Fsp3) is 0.529. The fourth-order valence-electron chi connectivity index (χ4n) is 1.75. The Morgan fingerprint density at radius 1 is 0.920 bits per heavy atom. The van der Waals surface area contributed by atoms with Crippen LogP contribution >= 0.6 is 0 Å². The van der Waals surface area contributed by atoms with Crippen LogP contribution in [0.1, 0.15) is 57.5 Å². The van der Waals surface area contributed by atoms with Crippen LogP contribution in [0.4, 0.5) is 23.7 Å². The minimum absolute atomic E-state index is 0.128. The molecular formula is C17H22F3NO4. The molecule has 1 aromatic carbocycles. The molecule has 0 fully saturated rings. The van der Waals surface area contributed by atoms with Gasteiger partial charge in [-0.05, 0) is 59.7 Å². The zero-order chi connectivity index (χ0) is 19.6. The highest BCUT2D eigenvalue weighted by atomic mass is 19.4. The molecule has 0 radical (unpaired) electrons. The van der Waals surface area contributed by atoms with Crippen LogP contribution < -0.4 is 5.32 Å². The number of nitrogens with one attached hydrogen (secondary N) is 1. The third kappa shape index (κ3) is 7.03. The van der Waals surface area contributed by atoms with Crippen molar-refractivity contribution >= 4 is 17.7 Å². The van der Waals surface area contributed by atoms with Crippen molar-refractivity contribution in [2.75, 3.05) is 5.32 Å². The Morgan fingerprint density at radius 2 is 1.44 bits per heavy atom. The molecule has 1 rings (SSSR count). The van der Waals surface area contributed by atoms with Crippen LogP contribution in [-0.2, 0) is 15.7 Å². The summed E-state index contributed by atoms with van der Waals surface area (Å²) in [7, 11) is 0. The molecule has 1 N–H and O–H groups in total. The Balaban J connectivity index is 3.23. The lowest BCUT2D eigenvalue weighted by molar-refractivity contribution is -0.137. The SMILES string of the molecule is CC(C)(C)OC(=O)Nc1ccc(C(F)(F)F)cc1C(=O)OC(C)(C)C. The number of benzene rings is 1. The minimum atomic E-state index is -4.64. The number of rotatable bonds is 2. The molecule has 5 nitrogen and oxygen atoms in total. The summed E-state index contributed by atoms with van der Waals surface area (Å²) in [5.74, 6) is -0.982. The van der Waals surface area contributed by atoms with Crippen LogP contribution in [0.15, 0.2) is 18.2 Å². The monoisotopic (exact) mass is 361 g/mol. The number of hydrogen-bond acceptors (Lipinski definition) is 4. The third-order valence-electron chi connectivity index (χ3n) is 2.60. The van der Waals surface area contributed by atoms with Crippen molar-refractivity contribution in [3.05, 3.63) is 29.3 Å². The second-order valence-electron chi connectivity index (χ2n) is 7.39. The Labute approximate surface area is 144 Å². The van der Waals surface area contributed by atoms with Crippen molar-refractivity contribution in [1.29, 1.82) is 0 Å². The number of anilines is 1. The summed E-state index contributed by atoms with van der Waals surface area (Å²) in [6.07, 6.45) is -5.53. The van der Waals surface area contributed by atoms with E-state index in [1.165, 1.54) is 0 Å². The molecule has 0 atom stereocenters. The van der Waals surface area contributed by atoms with Gasteiger partial charge < -0.3 is 9.47 Å². The van der Waals surface area contributed by atoms with Crippen molar-refractivity contribution in [3.63, 3.8) is 0 Å². The van der Waals surface area contributed by atoms with Gasteiger partial charge in [0.2, 0.25) is 0 Å². The van der Waals surface area contributed by atoms with Gasteiger partial charge in [-0.2, -0.15) is 13.2 Å². The van der Waals surface area contributed by atoms with E-state index in [-0.39, 0.29) is 5.69 Å². The normalized spacial score (nSPS) is 12.5. The lowest BCUT2D eigenvalue weighted by atomic mass is 10.1. The van der Waals surface area contributed by atoms with Crippen LogP contribution in [0.2, 0.25) is 0 Å². The highest BCUT2D eigenvalue weighted by Crippen LogP contribution is 2.32. The summed E-state index contributed by atoms with van der Waals surface area (Å²) >= 11 is 0. The van der Waals surface area contributed by atoms with Gasteiger partial charge in [-0.25, -0.2) is 9.59 Å². The van der Waals surface area contributed by atoms with E-state index in [0.29, 0.717) is 6.07 Å². The largest absolute Gasteiger partial charge is 0.456 e. The number of halogens is 3. The molecule has 0 spiro atoms. The average molecular weight is 361 g/mol. The zero-order valence-corrected chi connectivity index (χ0v) is 15.0. The van der Waals surface area contributed by atoms with Gasteiger partial charge in [-0.3, -0.25) is 5.32 Å². The fourth-order valence-corrected chi connectivity index (χ4v) is 1.75. The maximum absolute atomic E-state index is 12.9. The van der Waals surface area contributed by atoms with E-state index >= 15 is 0 Å². The second-order valence-corrected chi connectivity index (χ2v) is 7.39. The van der Waals surface area contributed by atoms with Crippen LogP contribution in [0.3, 0.4) is 0 Å². The number of esters is 1. The minimum Gasteiger partial charge on any atom is -0.456 e. The van der Waals surface area contributed by atoms with E-state index in [0.717, 1.165) is 12.1 Å². The third-order valence-corrected chi connectivity index (χ3v) is 2.60. The first kappa shape index (κ1) is 20.8. The molecule has 0 aliphatic rings. The molecule has 0 aliphatic heterocycles. The smallest absolute Gasteiger partial charge is 0.416 e. The van der Waals surface area contributed by atoms with Gasteiger partial charge in [0.25, 0.3) is 0 Å². The van der Waals surface area contributed by atoms with Crippen LogP contribution in [-0.4, -0.2) is 23.3 Å². The maximum atomic E-state index is 12.9. The van der Waals surface area contributed by atoms with Crippen molar-refractivity contribution < 1.29 is 32.2 Å². The Kier molecular flexibility index (Phi) is 5.77. The lowest BCUT2D eigenvalue weighted by Gasteiger charge is -2.22. The Morgan fingerprint density at radius 3 is 1.88 bits per heavy atom. The van der Waals surface area contributed by atoms with Gasteiger partial charge in [0.05, 0.1) is 16.8 Å². The van der Waals surface area contributed by atoms with E-state index in [1.807, 2.05) is 0 Å². The van der Waals surface area contributed by atoms with Crippen molar-refractivity contribution in [2.45, 2.75) is 58.9 Å². The average Bonchev–Trinajstić information content (AvgIpc) is 2.32. The summed E-state index contributed by atoms with van der Waals surface area (Å²) in [6.45, 7) is 9.65. The Hall–Kier alpha value is -2.25. The van der Waals surface area contributed by atoms with Gasteiger partial charge in [0, 0.05) is 0 Å². The van der Waals surface area contributed by atoms with E-state index < -0.39 is 40.6 Å². The predicted octanol–water partition coefficient (Wildman–Crippen LogP) is 5.01. The number of alkyl halides is 3. The maximum Gasteiger partial charge on any atom is 0.416 e. The molecule has 140 valence electrons. The van der Waals surface area contributed by atoms with Gasteiger partial charge in [-0.1, -0.05) is 0 Å². The lowest BCUT2D eigenvalue weighted by Crippen LogP contribution is -2.29. The first-order chi connectivity index (χ1) is 11.1. The summed E-state index contributed by atoms with van der Waals surface area (Å²) in [5.41, 5.74) is -3.27. The van der Waals surface area contributed by atoms with Crippen molar-refractivity contribution in [1.82, 2.24) is 0 Å². The van der Waals surface area contributed by atoms with Crippen molar-refractivity contribution in [2.24, 2.45) is 0 Å². The summed E-state index contributed by atoms with van der Waals surface area (Å²) in [6, 6.07) is 2.40. The summed E-state index contributed by atoms with van der Waals surface area (Å²) < 4.78 is 48.9. The Bertz CT molecular complexity index is 655. The molecule has 0 saturated heterocycles. The number of hydrogen-bond donors (Lipinski definition) is 1. The number of carbonyl (C=O) groups excluding carboxylic acids is 2. The number of amides is 1.